The molecule has 7 heteroatoms. The van der Waals surface area contributed by atoms with Gasteiger partial charge in [0.25, 0.3) is 9.05 Å². The van der Waals surface area contributed by atoms with E-state index in [9.17, 15) is 17.2 Å². The molecule has 0 aliphatic carbocycles. The summed E-state index contributed by atoms with van der Waals surface area (Å²) in [5.41, 5.74) is -0.275. The van der Waals surface area contributed by atoms with Crippen LogP contribution >= 0.6 is 10.7 Å². The number of hydrogen-bond acceptors (Lipinski definition) is 3. The Morgan fingerprint density at radius 1 is 1.40 bits per heavy atom. The van der Waals surface area contributed by atoms with Crippen LogP contribution in [0.25, 0.3) is 0 Å². The fraction of sp³-hybridized carbons (Fsp3) is 0.250. The normalized spacial score (nSPS) is 11.5. The van der Waals surface area contributed by atoms with E-state index < -0.39 is 31.3 Å². The zero-order valence-corrected chi connectivity index (χ0v) is 9.42. The number of rotatable bonds is 2. The van der Waals surface area contributed by atoms with Crippen molar-refractivity contribution < 1.29 is 21.9 Å². The summed E-state index contributed by atoms with van der Waals surface area (Å²) < 4.78 is 52.8. The molecule has 0 aliphatic rings. The van der Waals surface area contributed by atoms with Crippen LogP contribution in [0.4, 0.5) is 8.78 Å². The second kappa shape index (κ2) is 3.94. The first-order valence-electron chi connectivity index (χ1n) is 3.76. The maximum atomic E-state index is 13.4. The Kier molecular flexibility index (Phi) is 3.20. The second-order valence-electron chi connectivity index (χ2n) is 2.77. The van der Waals surface area contributed by atoms with Gasteiger partial charge in [-0.3, -0.25) is 0 Å². The van der Waals surface area contributed by atoms with E-state index >= 15 is 0 Å². The van der Waals surface area contributed by atoms with Gasteiger partial charge in [0.05, 0.1) is 12.0 Å². The molecule has 0 spiro atoms. The molecule has 0 N–H and O–H groups in total. The van der Waals surface area contributed by atoms with Gasteiger partial charge in [0.1, 0.15) is 0 Å². The first kappa shape index (κ1) is 12.2. The molecule has 15 heavy (non-hydrogen) atoms. The summed E-state index contributed by atoms with van der Waals surface area (Å²) in [6.45, 7) is 1.17. The molecule has 0 fully saturated rings. The number of benzene rings is 1. The van der Waals surface area contributed by atoms with Gasteiger partial charge in [-0.2, -0.15) is 0 Å². The summed E-state index contributed by atoms with van der Waals surface area (Å²) in [5, 5.41) is 0. The fourth-order valence-corrected chi connectivity index (χ4v) is 2.29. The van der Waals surface area contributed by atoms with Crippen molar-refractivity contribution in [2.75, 3.05) is 7.11 Å². The molecular formula is C8H7ClF2O3S. The van der Waals surface area contributed by atoms with Crippen LogP contribution in [0.3, 0.4) is 0 Å². The van der Waals surface area contributed by atoms with Crippen molar-refractivity contribution in [2.45, 2.75) is 11.8 Å². The summed E-state index contributed by atoms with van der Waals surface area (Å²) in [6.07, 6.45) is 0. The summed E-state index contributed by atoms with van der Waals surface area (Å²) >= 11 is 0. The van der Waals surface area contributed by atoms with Gasteiger partial charge in [-0.25, -0.2) is 17.2 Å². The summed E-state index contributed by atoms with van der Waals surface area (Å²) in [7, 11) is 1.91. The van der Waals surface area contributed by atoms with Crippen molar-refractivity contribution >= 4 is 19.7 Å². The second-order valence-corrected chi connectivity index (χ2v) is 5.30. The Labute approximate surface area is 90.0 Å². The van der Waals surface area contributed by atoms with Gasteiger partial charge < -0.3 is 4.74 Å². The molecule has 1 rings (SSSR count). The van der Waals surface area contributed by atoms with Crippen LogP contribution in [-0.2, 0) is 9.05 Å². The molecule has 3 nitrogen and oxygen atoms in total. The molecule has 0 heterocycles. The lowest BCUT2D eigenvalue weighted by atomic mass is 10.2. The molecule has 0 bridgehead atoms. The molecule has 0 radical (unpaired) electrons. The first-order valence-corrected chi connectivity index (χ1v) is 6.07. The van der Waals surface area contributed by atoms with E-state index in [4.69, 9.17) is 10.7 Å². The highest BCUT2D eigenvalue weighted by atomic mass is 35.7. The Morgan fingerprint density at radius 3 is 2.33 bits per heavy atom. The molecule has 0 saturated heterocycles. The molecule has 1 aromatic carbocycles. The zero-order chi connectivity index (χ0) is 11.8. The van der Waals surface area contributed by atoms with Crippen LogP contribution in [0.1, 0.15) is 5.56 Å². The van der Waals surface area contributed by atoms with Crippen LogP contribution in [0.5, 0.6) is 5.75 Å². The quantitative estimate of drug-likeness (QED) is 0.762. The van der Waals surface area contributed by atoms with Gasteiger partial charge in [-0.05, 0) is 13.0 Å². The monoisotopic (exact) mass is 256 g/mol. The smallest absolute Gasteiger partial charge is 0.261 e. The Bertz CT molecular complexity index is 499. The van der Waals surface area contributed by atoms with Gasteiger partial charge in [0.15, 0.2) is 17.4 Å². The lowest BCUT2D eigenvalue weighted by Gasteiger charge is -2.08. The van der Waals surface area contributed by atoms with Gasteiger partial charge in [0, 0.05) is 16.2 Å². The molecule has 0 saturated carbocycles. The van der Waals surface area contributed by atoms with Crippen LogP contribution in [0.15, 0.2) is 11.0 Å². The molecule has 84 valence electrons. The minimum Gasteiger partial charge on any atom is -0.491 e. The SMILES string of the molecule is COc1c(F)cc(S(=O)(=O)Cl)c(C)c1F. The largest absolute Gasteiger partial charge is 0.491 e. The maximum Gasteiger partial charge on any atom is 0.261 e. The predicted molar refractivity (Wildman–Crippen MR) is 50.7 cm³/mol. The van der Waals surface area contributed by atoms with E-state index in [0.717, 1.165) is 7.11 Å². The topological polar surface area (TPSA) is 43.4 Å². The average molecular weight is 257 g/mol. The minimum absolute atomic E-state index is 0.275. The van der Waals surface area contributed by atoms with Crippen LogP contribution in [0.2, 0.25) is 0 Å². The Balaban J connectivity index is 3.62. The third kappa shape index (κ3) is 2.21. The van der Waals surface area contributed by atoms with E-state index in [-0.39, 0.29) is 5.56 Å². The van der Waals surface area contributed by atoms with Crippen molar-refractivity contribution in [3.05, 3.63) is 23.3 Å². The maximum absolute atomic E-state index is 13.4. The minimum atomic E-state index is -4.17. The highest BCUT2D eigenvalue weighted by Crippen LogP contribution is 2.30. The van der Waals surface area contributed by atoms with E-state index in [1.807, 2.05) is 0 Å². The molecule has 0 aromatic heterocycles. The standard InChI is InChI=1S/C8H7ClF2O3S/c1-4-6(15(9,12)13)3-5(10)8(14-2)7(4)11/h3H,1-2H3. The van der Waals surface area contributed by atoms with Crippen molar-refractivity contribution in [3.63, 3.8) is 0 Å². The van der Waals surface area contributed by atoms with E-state index in [1.165, 1.54) is 6.92 Å². The zero-order valence-electron chi connectivity index (χ0n) is 7.84. The fourth-order valence-electron chi connectivity index (χ4n) is 1.11. The van der Waals surface area contributed by atoms with Crippen LogP contribution < -0.4 is 4.74 Å². The van der Waals surface area contributed by atoms with Gasteiger partial charge in [-0.15, -0.1) is 0 Å². The molecule has 1 aromatic rings. The highest BCUT2D eigenvalue weighted by Gasteiger charge is 2.22. The number of hydrogen-bond donors (Lipinski definition) is 0. The number of halogens is 3. The van der Waals surface area contributed by atoms with Gasteiger partial charge in [0.2, 0.25) is 0 Å². The third-order valence-corrected chi connectivity index (χ3v) is 3.29. The lowest BCUT2D eigenvalue weighted by Crippen LogP contribution is -2.02. The summed E-state index contributed by atoms with van der Waals surface area (Å²) in [6, 6.07) is 0.625. The molecule has 0 amide bonds. The van der Waals surface area contributed by atoms with Crippen LogP contribution in [-0.4, -0.2) is 15.5 Å². The van der Waals surface area contributed by atoms with Crippen LogP contribution in [0, 0.1) is 18.6 Å². The number of ether oxygens (including phenoxy) is 1. The molecule has 0 aliphatic heterocycles. The van der Waals surface area contributed by atoms with Gasteiger partial charge in [-0.1, -0.05) is 0 Å². The first-order chi connectivity index (χ1) is 6.79. The lowest BCUT2D eigenvalue weighted by molar-refractivity contribution is 0.356. The van der Waals surface area contributed by atoms with Crippen molar-refractivity contribution in [1.82, 2.24) is 0 Å². The third-order valence-electron chi connectivity index (χ3n) is 1.84. The molecule has 0 unspecified atom stereocenters. The van der Waals surface area contributed by atoms with Crippen molar-refractivity contribution in [3.8, 4) is 5.75 Å². The van der Waals surface area contributed by atoms with E-state index in [1.54, 1.807) is 0 Å². The average Bonchev–Trinajstić information content (AvgIpc) is 2.10. The molecule has 0 atom stereocenters. The number of methoxy groups -OCH3 is 1. The predicted octanol–water partition coefficient (Wildman–Crippen LogP) is 2.21. The van der Waals surface area contributed by atoms with Gasteiger partial charge >= 0.3 is 0 Å². The Morgan fingerprint density at radius 2 is 1.93 bits per heavy atom. The Hall–Kier alpha value is -0.880. The summed E-state index contributed by atoms with van der Waals surface area (Å²) in [4.78, 5) is -0.597. The van der Waals surface area contributed by atoms with E-state index in [2.05, 4.69) is 4.74 Å². The summed E-state index contributed by atoms with van der Waals surface area (Å²) in [5.74, 6) is -2.81. The highest BCUT2D eigenvalue weighted by molar-refractivity contribution is 8.13. The molecular weight excluding hydrogens is 250 g/mol. The van der Waals surface area contributed by atoms with E-state index in [0.29, 0.717) is 6.07 Å². The van der Waals surface area contributed by atoms with Crippen molar-refractivity contribution in [2.24, 2.45) is 0 Å². The van der Waals surface area contributed by atoms with Crippen molar-refractivity contribution in [1.29, 1.82) is 0 Å².